The number of benzene rings is 1. The number of rotatable bonds is 4. The molecular weight excluding hydrogens is 398 g/mol. The SMILES string of the molecule is Cc1ccc(N2CCc3ncnc(NCc4cccc(C(F)(F)F)c4F)c3C2)nc1. The van der Waals surface area contributed by atoms with Gasteiger partial charge in [0, 0.05) is 43.4 Å². The average Bonchev–Trinajstić information content (AvgIpc) is 2.72. The molecule has 1 N–H and O–H groups in total. The number of anilines is 2. The molecule has 0 saturated heterocycles. The van der Waals surface area contributed by atoms with E-state index in [0.717, 1.165) is 35.2 Å². The lowest BCUT2D eigenvalue weighted by Gasteiger charge is -2.30. The minimum atomic E-state index is -4.74. The van der Waals surface area contributed by atoms with E-state index < -0.39 is 17.6 Å². The van der Waals surface area contributed by atoms with Crippen LogP contribution in [-0.4, -0.2) is 21.5 Å². The van der Waals surface area contributed by atoms with Gasteiger partial charge in [-0.15, -0.1) is 0 Å². The maximum Gasteiger partial charge on any atom is 0.419 e. The molecular formula is C21H19F4N5. The van der Waals surface area contributed by atoms with Crippen molar-refractivity contribution in [3.05, 3.63) is 76.6 Å². The van der Waals surface area contributed by atoms with Crippen LogP contribution in [0.2, 0.25) is 0 Å². The van der Waals surface area contributed by atoms with Crippen molar-refractivity contribution >= 4 is 11.6 Å². The van der Waals surface area contributed by atoms with Gasteiger partial charge in [-0.25, -0.2) is 19.3 Å². The van der Waals surface area contributed by atoms with Crippen LogP contribution in [0, 0.1) is 12.7 Å². The zero-order chi connectivity index (χ0) is 21.3. The molecule has 0 saturated carbocycles. The Morgan fingerprint density at radius 3 is 2.67 bits per heavy atom. The first-order chi connectivity index (χ1) is 14.3. The van der Waals surface area contributed by atoms with Crippen LogP contribution in [0.1, 0.15) is 27.9 Å². The Kier molecular flexibility index (Phi) is 5.27. The summed E-state index contributed by atoms with van der Waals surface area (Å²) in [6.07, 6.45) is -0.860. The van der Waals surface area contributed by atoms with Crippen molar-refractivity contribution in [1.29, 1.82) is 0 Å². The standard InChI is InChI=1S/C21H19F4N5/c1-13-5-6-18(26-9-13)30-8-7-17-15(11-30)20(29-12-28-17)27-10-14-3-2-4-16(19(14)22)21(23,24)25/h2-6,9,12H,7-8,10-11H2,1H3,(H,27,28,29). The van der Waals surface area contributed by atoms with E-state index in [4.69, 9.17) is 0 Å². The van der Waals surface area contributed by atoms with Crippen LogP contribution in [0.25, 0.3) is 0 Å². The topological polar surface area (TPSA) is 53.9 Å². The molecule has 0 aliphatic carbocycles. The minimum absolute atomic E-state index is 0.0787. The van der Waals surface area contributed by atoms with Crippen molar-refractivity contribution in [2.75, 3.05) is 16.8 Å². The van der Waals surface area contributed by atoms with Crippen molar-refractivity contribution in [2.45, 2.75) is 32.6 Å². The highest BCUT2D eigenvalue weighted by Crippen LogP contribution is 2.33. The number of alkyl halides is 3. The van der Waals surface area contributed by atoms with Gasteiger partial charge >= 0.3 is 6.18 Å². The summed E-state index contributed by atoms with van der Waals surface area (Å²) in [5.41, 5.74) is 1.40. The van der Waals surface area contributed by atoms with E-state index in [1.54, 1.807) is 6.20 Å². The molecule has 0 unspecified atom stereocenters. The Morgan fingerprint density at radius 2 is 1.93 bits per heavy atom. The summed E-state index contributed by atoms with van der Waals surface area (Å²) in [4.78, 5) is 15.1. The third-order valence-electron chi connectivity index (χ3n) is 5.05. The monoisotopic (exact) mass is 417 g/mol. The number of nitrogens with zero attached hydrogens (tertiary/aromatic N) is 4. The Morgan fingerprint density at radius 1 is 1.10 bits per heavy atom. The first-order valence-electron chi connectivity index (χ1n) is 9.41. The molecule has 0 amide bonds. The smallest absolute Gasteiger partial charge is 0.365 e. The fourth-order valence-corrected chi connectivity index (χ4v) is 3.45. The zero-order valence-corrected chi connectivity index (χ0v) is 16.2. The molecule has 0 radical (unpaired) electrons. The van der Waals surface area contributed by atoms with Gasteiger partial charge in [0.05, 0.1) is 11.3 Å². The summed E-state index contributed by atoms with van der Waals surface area (Å²) in [6.45, 7) is 3.08. The second-order valence-electron chi connectivity index (χ2n) is 7.14. The molecule has 156 valence electrons. The number of pyridine rings is 1. The van der Waals surface area contributed by atoms with Crippen molar-refractivity contribution < 1.29 is 17.6 Å². The third kappa shape index (κ3) is 4.05. The fourth-order valence-electron chi connectivity index (χ4n) is 3.45. The molecule has 5 nitrogen and oxygen atoms in total. The molecule has 3 heterocycles. The van der Waals surface area contributed by atoms with Crippen LogP contribution in [-0.2, 0) is 25.7 Å². The highest BCUT2D eigenvalue weighted by atomic mass is 19.4. The fraction of sp³-hybridized carbons (Fsp3) is 0.286. The lowest BCUT2D eigenvalue weighted by atomic mass is 10.1. The van der Waals surface area contributed by atoms with Gasteiger partial charge in [0.1, 0.15) is 23.8 Å². The molecule has 4 rings (SSSR count). The summed E-state index contributed by atoms with van der Waals surface area (Å²) in [5, 5.41) is 2.98. The summed E-state index contributed by atoms with van der Waals surface area (Å²) >= 11 is 0. The number of fused-ring (bicyclic) bond motifs is 1. The van der Waals surface area contributed by atoms with Crippen molar-refractivity contribution in [1.82, 2.24) is 15.0 Å². The molecule has 30 heavy (non-hydrogen) atoms. The van der Waals surface area contributed by atoms with E-state index in [-0.39, 0.29) is 12.1 Å². The molecule has 0 atom stereocenters. The second kappa shape index (κ2) is 7.89. The summed E-state index contributed by atoms with van der Waals surface area (Å²) in [7, 11) is 0. The first-order valence-corrected chi connectivity index (χ1v) is 9.41. The number of aryl methyl sites for hydroxylation is 1. The van der Waals surface area contributed by atoms with Gasteiger partial charge < -0.3 is 10.2 Å². The number of hydrogen-bond acceptors (Lipinski definition) is 5. The predicted octanol–water partition coefficient (Wildman–Crippen LogP) is 4.51. The van der Waals surface area contributed by atoms with E-state index in [9.17, 15) is 17.6 Å². The van der Waals surface area contributed by atoms with E-state index in [1.807, 2.05) is 19.1 Å². The molecule has 1 aliphatic heterocycles. The van der Waals surface area contributed by atoms with Crippen LogP contribution < -0.4 is 10.2 Å². The molecule has 0 fully saturated rings. The Balaban J connectivity index is 1.56. The maximum atomic E-state index is 14.3. The van der Waals surface area contributed by atoms with Crippen LogP contribution in [0.5, 0.6) is 0 Å². The lowest BCUT2D eigenvalue weighted by Crippen LogP contribution is -2.32. The summed E-state index contributed by atoms with van der Waals surface area (Å²) in [5.74, 6) is 0.0319. The Labute approximate surface area is 170 Å². The van der Waals surface area contributed by atoms with Gasteiger partial charge in [0.2, 0.25) is 0 Å². The highest BCUT2D eigenvalue weighted by Gasteiger charge is 2.34. The molecule has 9 heteroatoms. The predicted molar refractivity (Wildman–Crippen MR) is 104 cm³/mol. The van der Waals surface area contributed by atoms with E-state index in [2.05, 4.69) is 25.2 Å². The molecule has 0 bridgehead atoms. The van der Waals surface area contributed by atoms with Gasteiger partial charge in [0.15, 0.2) is 0 Å². The van der Waals surface area contributed by atoms with Gasteiger partial charge in [0.25, 0.3) is 0 Å². The zero-order valence-electron chi connectivity index (χ0n) is 16.2. The number of aromatic nitrogens is 3. The maximum absolute atomic E-state index is 14.3. The molecule has 3 aromatic rings. The van der Waals surface area contributed by atoms with Crippen molar-refractivity contribution in [2.24, 2.45) is 0 Å². The molecule has 2 aromatic heterocycles. The lowest BCUT2D eigenvalue weighted by molar-refractivity contribution is -0.140. The normalized spacial score (nSPS) is 13.8. The first kappa shape index (κ1) is 20.1. The van der Waals surface area contributed by atoms with Crippen LogP contribution in [0.3, 0.4) is 0 Å². The van der Waals surface area contributed by atoms with Crippen molar-refractivity contribution in [3.63, 3.8) is 0 Å². The van der Waals surface area contributed by atoms with Crippen LogP contribution in [0.15, 0.2) is 42.9 Å². The van der Waals surface area contributed by atoms with Gasteiger partial charge in [-0.05, 0) is 24.6 Å². The summed E-state index contributed by atoms with van der Waals surface area (Å²) < 4.78 is 53.2. The number of hydrogen-bond donors (Lipinski definition) is 1. The molecule has 1 aromatic carbocycles. The third-order valence-corrected chi connectivity index (χ3v) is 5.05. The van der Waals surface area contributed by atoms with Gasteiger partial charge in [-0.3, -0.25) is 0 Å². The Hall–Kier alpha value is -3.23. The van der Waals surface area contributed by atoms with Gasteiger partial charge in [-0.1, -0.05) is 18.2 Å². The average molecular weight is 417 g/mol. The summed E-state index contributed by atoms with van der Waals surface area (Å²) in [6, 6.07) is 7.18. The highest BCUT2D eigenvalue weighted by molar-refractivity contribution is 5.52. The number of nitrogens with one attached hydrogen (secondary N) is 1. The van der Waals surface area contributed by atoms with E-state index >= 15 is 0 Å². The largest absolute Gasteiger partial charge is 0.419 e. The molecule has 0 spiro atoms. The molecule has 1 aliphatic rings. The van der Waals surface area contributed by atoms with E-state index in [1.165, 1.54) is 18.5 Å². The van der Waals surface area contributed by atoms with Crippen molar-refractivity contribution in [3.8, 4) is 0 Å². The Bertz CT molecular complexity index is 1050. The minimum Gasteiger partial charge on any atom is -0.365 e. The van der Waals surface area contributed by atoms with Crippen LogP contribution in [0.4, 0.5) is 29.2 Å². The quantitative estimate of drug-likeness (QED) is 0.633. The second-order valence-corrected chi connectivity index (χ2v) is 7.14. The van der Waals surface area contributed by atoms with Gasteiger partial charge in [-0.2, -0.15) is 13.2 Å². The van der Waals surface area contributed by atoms with Crippen LogP contribution >= 0.6 is 0 Å². The number of halogens is 4. The van der Waals surface area contributed by atoms with E-state index in [0.29, 0.717) is 18.8 Å².